The van der Waals surface area contributed by atoms with Crippen LogP contribution in [0.1, 0.15) is 29.9 Å². The lowest BCUT2D eigenvalue weighted by molar-refractivity contribution is 0.0866. The van der Waals surface area contributed by atoms with Crippen LogP contribution in [0.5, 0.6) is 0 Å². The number of fused-ring (bicyclic) bond motifs is 1. The van der Waals surface area contributed by atoms with Crippen molar-refractivity contribution in [3.8, 4) is 0 Å². The Kier molecular flexibility index (Phi) is 3.63. The van der Waals surface area contributed by atoms with Gasteiger partial charge in [-0.25, -0.2) is 0 Å². The van der Waals surface area contributed by atoms with Crippen LogP contribution in [0, 0.1) is 6.92 Å². The molecule has 0 fully saturated rings. The molecule has 0 saturated heterocycles. The van der Waals surface area contributed by atoms with E-state index in [1.165, 1.54) is 0 Å². The van der Waals surface area contributed by atoms with Crippen LogP contribution < -0.4 is 11.1 Å². The molecule has 0 aliphatic carbocycles. The maximum atomic E-state index is 12.3. The van der Waals surface area contributed by atoms with Gasteiger partial charge in [0.15, 0.2) is 0 Å². The number of aryl methyl sites for hydroxylation is 1. The number of hydrogen-bond donors (Lipinski definition) is 3. The Morgan fingerprint density at radius 3 is 2.70 bits per heavy atom. The second-order valence-corrected chi connectivity index (χ2v) is 5.55. The molecule has 106 valence electrons. The molecule has 1 aromatic carbocycles. The standard InChI is InChI=1S/C15H19N3O2/c1-9-4-5-11-10(12(9)16)6-7-17-13(11)14(20)18-15(2,3)8-19/h4-7,19H,8,16H2,1-3H3,(H,18,20). The smallest absolute Gasteiger partial charge is 0.271 e. The number of nitrogen functional groups attached to an aromatic ring is 1. The van der Waals surface area contributed by atoms with Gasteiger partial charge in [-0.2, -0.15) is 0 Å². The molecule has 5 nitrogen and oxygen atoms in total. The molecule has 1 amide bonds. The SMILES string of the molecule is Cc1ccc2c(C(=O)NC(C)(C)CO)nccc2c1N. The first-order valence-electron chi connectivity index (χ1n) is 6.43. The number of aliphatic hydroxyl groups is 1. The molecule has 1 heterocycles. The van der Waals surface area contributed by atoms with Crippen LogP contribution in [0.4, 0.5) is 5.69 Å². The molecule has 0 bridgehead atoms. The van der Waals surface area contributed by atoms with Crippen molar-refractivity contribution in [1.29, 1.82) is 0 Å². The van der Waals surface area contributed by atoms with Crippen LogP contribution in [0.3, 0.4) is 0 Å². The van der Waals surface area contributed by atoms with E-state index in [0.29, 0.717) is 16.8 Å². The minimum atomic E-state index is -0.697. The summed E-state index contributed by atoms with van der Waals surface area (Å²) in [4.78, 5) is 16.5. The summed E-state index contributed by atoms with van der Waals surface area (Å²) in [7, 11) is 0. The van der Waals surface area contributed by atoms with Gasteiger partial charge in [-0.1, -0.05) is 12.1 Å². The van der Waals surface area contributed by atoms with Crippen molar-refractivity contribution in [2.24, 2.45) is 0 Å². The Labute approximate surface area is 117 Å². The van der Waals surface area contributed by atoms with Gasteiger partial charge in [0, 0.05) is 22.7 Å². The van der Waals surface area contributed by atoms with E-state index in [1.54, 1.807) is 26.1 Å². The average molecular weight is 273 g/mol. The van der Waals surface area contributed by atoms with Crippen LogP contribution in [0.2, 0.25) is 0 Å². The predicted molar refractivity (Wildman–Crippen MR) is 79.5 cm³/mol. The van der Waals surface area contributed by atoms with Gasteiger partial charge < -0.3 is 16.2 Å². The molecule has 0 saturated carbocycles. The third-order valence-electron chi connectivity index (χ3n) is 3.27. The lowest BCUT2D eigenvalue weighted by atomic mass is 10.0. The largest absolute Gasteiger partial charge is 0.398 e. The van der Waals surface area contributed by atoms with E-state index in [-0.39, 0.29) is 12.5 Å². The van der Waals surface area contributed by atoms with E-state index in [4.69, 9.17) is 5.73 Å². The maximum absolute atomic E-state index is 12.3. The van der Waals surface area contributed by atoms with E-state index in [2.05, 4.69) is 10.3 Å². The van der Waals surface area contributed by atoms with Crippen molar-refractivity contribution >= 4 is 22.4 Å². The highest BCUT2D eigenvalue weighted by molar-refractivity contribution is 6.08. The Bertz CT molecular complexity index is 665. The number of rotatable bonds is 3. The number of aromatic nitrogens is 1. The Morgan fingerprint density at radius 2 is 2.05 bits per heavy atom. The number of carbonyl (C=O) groups is 1. The number of hydrogen-bond acceptors (Lipinski definition) is 4. The fraction of sp³-hybridized carbons (Fsp3) is 0.333. The van der Waals surface area contributed by atoms with Gasteiger partial charge in [0.2, 0.25) is 0 Å². The zero-order valence-electron chi connectivity index (χ0n) is 11.9. The molecule has 5 heteroatoms. The second kappa shape index (κ2) is 5.09. The first kappa shape index (κ1) is 14.3. The summed E-state index contributed by atoms with van der Waals surface area (Å²) >= 11 is 0. The highest BCUT2D eigenvalue weighted by Crippen LogP contribution is 2.26. The lowest BCUT2D eigenvalue weighted by Gasteiger charge is -2.23. The third-order valence-corrected chi connectivity index (χ3v) is 3.27. The van der Waals surface area contributed by atoms with E-state index in [0.717, 1.165) is 10.9 Å². The minimum absolute atomic E-state index is 0.148. The Morgan fingerprint density at radius 1 is 1.35 bits per heavy atom. The van der Waals surface area contributed by atoms with Crippen LogP contribution in [0.15, 0.2) is 24.4 Å². The van der Waals surface area contributed by atoms with Crippen molar-refractivity contribution in [3.63, 3.8) is 0 Å². The number of aliphatic hydroxyl groups excluding tert-OH is 1. The molecule has 0 radical (unpaired) electrons. The van der Waals surface area contributed by atoms with Gasteiger partial charge >= 0.3 is 0 Å². The molecular weight excluding hydrogens is 254 g/mol. The average Bonchev–Trinajstić information content (AvgIpc) is 2.42. The molecule has 0 spiro atoms. The number of anilines is 1. The van der Waals surface area contributed by atoms with Gasteiger partial charge in [0.25, 0.3) is 5.91 Å². The quantitative estimate of drug-likeness (QED) is 0.742. The molecule has 20 heavy (non-hydrogen) atoms. The first-order chi connectivity index (χ1) is 9.35. The van der Waals surface area contributed by atoms with E-state index < -0.39 is 5.54 Å². The van der Waals surface area contributed by atoms with Crippen molar-refractivity contribution in [3.05, 3.63) is 35.7 Å². The third kappa shape index (κ3) is 2.58. The predicted octanol–water partition coefficient (Wildman–Crippen LogP) is 1.63. The normalized spacial score (nSPS) is 11.6. The summed E-state index contributed by atoms with van der Waals surface area (Å²) in [5.74, 6) is -0.321. The highest BCUT2D eigenvalue weighted by atomic mass is 16.3. The van der Waals surface area contributed by atoms with Crippen LogP contribution in [-0.4, -0.2) is 28.1 Å². The van der Waals surface area contributed by atoms with Gasteiger partial charge in [-0.05, 0) is 32.4 Å². The molecule has 0 atom stereocenters. The van der Waals surface area contributed by atoms with Gasteiger partial charge in [0.05, 0.1) is 12.1 Å². The number of nitrogens with one attached hydrogen (secondary N) is 1. The molecule has 0 unspecified atom stereocenters. The monoisotopic (exact) mass is 273 g/mol. The Hall–Kier alpha value is -2.14. The fourth-order valence-electron chi connectivity index (χ4n) is 1.97. The summed E-state index contributed by atoms with van der Waals surface area (Å²) in [6.07, 6.45) is 1.57. The number of nitrogens with two attached hydrogens (primary N) is 1. The molecule has 2 rings (SSSR count). The zero-order chi connectivity index (χ0) is 14.9. The second-order valence-electron chi connectivity index (χ2n) is 5.55. The topological polar surface area (TPSA) is 88.2 Å². The summed E-state index contributed by atoms with van der Waals surface area (Å²) in [6.45, 7) is 5.26. The first-order valence-corrected chi connectivity index (χ1v) is 6.43. The molecule has 0 aliphatic rings. The van der Waals surface area contributed by atoms with Crippen molar-refractivity contribution in [1.82, 2.24) is 10.3 Å². The number of nitrogens with zero attached hydrogens (tertiary/aromatic N) is 1. The molecule has 1 aromatic heterocycles. The van der Waals surface area contributed by atoms with Gasteiger partial charge in [0.1, 0.15) is 5.69 Å². The fourth-order valence-corrected chi connectivity index (χ4v) is 1.97. The van der Waals surface area contributed by atoms with Crippen molar-refractivity contribution in [2.75, 3.05) is 12.3 Å². The van der Waals surface area contributed by atoms with Gasteiger partial charge in [-0.3, -0.25) is 9.78 Å². The van der Waals surface area contributed by atoms with E-state index >= 15 is 0 Å². The molecule has 0 aliphatic heterocycles. The van der Waals surface area contributed by atoms with Crippen LogP contribution >= 0.6 is 0 Å². The molecular formula is C15H19N3O2. The van der Waals surface area contributed by atoms with Crippen molar-refractivity contribution in [2.45, 2.75) is 26.3 Å². The number of benzene rings is 1. The van der Waals surface area contributed by atoms with Crippen LogP contribution in [-0.2, 0) is 0 Å². The summed E-state index contributed by atoms with van der Waals surface area (Å²) in [5, 5.41) is 13.5. The summed E-state index contributed by atoms with van der Waals surface area (Å²) in [6, 6.07) is 5.51. The number of pyridine rings is 1. The lowest BCUT2D eigenvalue weighted by Crippen LogP contribution is -2.46. The summed E-state index contributed by atoms with van der Waals surface area (Å²) < 4.78 is 0. The molecule has 4 N–H and O–H groups in total. The van der Waals surface area contributed by atoms with Gasteiger partial charge in [-0.15, -0.1) is 0 Å². The molecule has 2 aromatic rings. The Balaban J connectivity index is 2.51. The van der Waals surface area contributed by atoms with Crippen LogP contribution in [0.25, 0.3) is 10.8 Å². The van der Waals surface area contributed by atoms with E-state index in [9.17, 15) is 9.90 Å². The summed E-state index contributed by atoms with van der Waals surface area (Å²) in [5.41, 5.74) is 7.28. The van der Waals surface area contributed by atoms with Crippen molar-refractivity contribution < 1.29 is 9.90 Å². The number of carbonyl (C=O) groups excluding carboxylic acids is 1. The highest BCUT2D eigenvalue weighted by Gasteiger charge is 2.22. The number of amides is 1. The maximum Gasteiger partial charge on any atom is 0.271 e. The van der Waals surface area contributed by atoms with E-state index in [1.807, 2.05) is 19.1 Å². The minimum Gasteiger partial charge on any atom is -0.398 e. The zero-order valence-corrected chi connectivity index (χ0v) is 11.9.